The average Bonchev–Trinajstić information content (AvgIpc) is 2.66. The Morgan fingerprint density at radius 2 is 2.00 bits per heavy atom. The molecule has 110 valence electrons. The summed E-state index contributed by atoms with van der Waals surface area (Å²) in [5.41, 5.74) is 0.706. The molecule has 20 heavy (non-hydrogen) atoms. The molecule has 0 amide bonds. The minimum atomic E-state index is -4.13. The van der Waals surface area contributed by atoms with E-state index in [2.05, 4.69) is 4.98 Å². The lowest BCUT2D eigenvalue weighted by atomic mass is 10.3. The van der Waals surface area contributed by atoms with Crippen molar-refractivity contribution in [1.82, 2.24) is 9.55 Å². The van der Waals surface area contributed by atoms with Crippen LogP contribution in [-0.4, -0.2) is 27.8 Å². The van der Waals surface area contributed by atoms with E-state index in [0.717, 1.165) is 4.57 Å². The second-order valence-corrected chi connectivity index (χ2v) is 5.06. The predicted octanol–water partition coefficient (Wildman–Crippen LogP) is 4.37. The summed E-state index contributed by atoms with van der Waals surface area (Å²) < 4.78 is 52.3. The van der Waals surface area contributed by atoms with Crippen LogP contribution in [-0.2, 0) is 13.0 Å². The van der Waals surface area contributed by atoms with Gasteiger partial charge in [0.2, 0.25) is 0 Å². The summed E-state index contributed by atoms with van der Waals surface area (Å²) in [6, 6.07) is 4.46. The van der Waals surface area contributed by atoms with Crippen LogP contribution >= 0.6 is 23.2 Å². The lowest BCUT2D eigenvalue weighted by molar-refractivity contribution is -0.137. The Morgan fingerprint density at radius 1 is 1.30 bits per heavy atom. The SMILES string of the molecule is FC(F)C(F)(F)Cn1c(CCCl)nc2cc(Cl)ccc21. The zero-order chi connectivity index (χ0) is 14.9. The van der Waals surface area contributed by atoms with Gasteiger partial charge in [0.05, 0.1) is 17.6 Å². The molecule has 0 saturated heterocycles. The molecule has 0 fully saturated rings. The normalized spacial score (nSPS) is 12.6. The van der Waals surface area contributed by atoms with Crippen LogP contribution < -0.4 is 0 Å². The maximum atomic E-state index is 13.3. The summed E-state index contributed by atoms with van der Waals surface area (Å²) in [6.07, 6.45) is -3.54. The maximum Gasteiger partial charge on any atom is 0.324 e. The zero-order valence-corrected chi connectivity index (χ0v) is 11.6. The van der Waals surface area contributed by atoms with Gasteiger partial charge in [0.15, 0.2) is 0 Å². The third kappa shape index (κ3) is 3.01. The van der Waals surface area contributed by atoms with Crippen molar-refractivity contribution in [3.63, 3.8) is 0 Å². The molecule has 0 aliphatic heterocycles. The highest BCUT2D eigenvalue weighted by molar-refractivity contribution is 6.31. The second-order valence-electron chi connectivity index (χ2n) is 4.25. The molecule has 2 aromatic rings. The van der Waals surface area contributed by atoms with E-state index < -0.39 is 18.9 Å². The lowest BCUT2D eigenvalue weighted by Gasteiger charge is -2.18. The number of nitrogens with zero attached hydrogens (tertiary/aromatic N) is 2. The molecule has 0 radical (unpaired) electrons. The summed E-state index contributed by atoms with van der Waals surface area (Å²) in [5, 5.41) is 0.389. The predicted molar refractivity (Wildman–Crippen MR) is 70.1 cm³/mol. The molecule has 0 aliphatic carbocycles. The Bertz CT molecular complexity index is 613. The minimum absolute atomic E-state index is 0.150. The molecule has 8 heteroatoms. The van der Waals surface area contributed by atoms with Crippen molar-refractivity contribution in [1.29, 1.82) is 0 Å². The molecule has 1 aromatic carbocycles. The Balaban J connectivity index is 2.51. The van der Waals surface area contributed by atoms with Crippen molar-refractivity contribution in [3.05, 3.63) is 29.0 Å². The van der Waals surface area contributed by atoms with E-state index in [1.807, 2.05) is 0 Å². The van der Waals surface area contributed by atoms with Crippen molar-refractivity contribution >= 4 is 34.2 Å². The van der Waals surface area contributed by atoms with Gasteiger partial charge < -0.3 is 4.57 Å². The molecule has 1 heterocycles. The molecule has 0 unspecified atom stereocenters. The number of aromatic nitrogens is 2. The highest BCUT2D eigenvalue weighted by Gasteiger charge is 2.41. The molecule has 0 saturated carbocycles. The fraction of sp³-hybridized carbons (Fsp3) is 0.417. The molecule has 0 aliphatic rings. The van der Waals surface area contributed by atoms with Gasteiger partial charge in [0.25, 0.3) is 0 Å². The monoisotopic (exact) mass is 328 g/mol. The first-order valence-electron chi connectivity index (χ1n) is 5.72. The maximum absolute atomic E-state index is 13.3. The van der Waals surface area contributed by atoms with E-state index in [1.165, 1.54) is 18.2 Å². The van der Waals surface area contributed by atoms with Crippen LogP contribution in [0.3, 0.4) is 0 Å². The van der Waals surface area contributed by atoms with Gasteiger partial charge in [-0.3, -0.25) is 0 Å². The van der Waals surface area contributed by atoms with Gasteiger partial charge in [-0.05, 0) is 18.2 Å². The first kappa shape index (κ1) is 15.4. The second kappa shape index (κ2) is 5.77. The van der Waals surface area contributed by atoms with E-state index in [-0.39, 0.29) is 18.1 Å². The summed E-state index contributed by atoms with van der Waals surface area (Å²) >= 11 is 11.4. The number of alkyl halides is 5. The van der Waals surface area contributed by atoms with Crippen LogP contribution in [0.1, 0.15) is 5.82 Å². The van der Waals surface area contributed by atoms with E-state index in [4.69, 9.17) is 23.2 Å². The first-order chi connectivity index (χ1) is 9.35. The topological polar surface area (TPSA) is 17.8 Å². The van der Waals surface area contributed by atoms with E-state index >= 15 is 0 Å². The summed E-state index contributed by atoms with van der Waals surface area (Å²) in [4.78, 5) is 4.12. The molecular weight excluding hydrogens is 319 g/mol. The summed E-state index contributed by atoms with van der Waals surface area (Å²) in [5.74, 6) is -3.75. The fourth-order valence-corrected chi connectivity index (χ4v) is 2.22. The third-order valence-electron chi connectivity index (χ3n) is 2.80. The molecule has 0 bridgehead atoms. The van der Waals surface area contributed by atoms with Gasteiger partial charge in [-0.15, -0.1) is 11.6 Å². The van der Waals surface area contributed by atoms with Crippen LogP contribution in [0.2, 0.25) is 5.02 Å². The number of fused-ring (bicyclic) bond motifs is 1. The number of halogens is 6. The molecule has 1 aromatic heterocycles. The summed E-state index contributed by atoms with van der Waals surface area (Å²) in [7, 11) is 0. The van der Waals surface area contributed by atoms with Crippen LogP contribution in [0.15, 0.2) is 18.2 Å². The minimum Gasteiger partial charge on any atom is -0.322 e. The summed E-state index contributed by atoms with van der Waals surface area (Å²) in [6.45, 7) is -1.14. The Hall–Kier alpha value is -1.01. The molecular formula is C12H10Cl2F4N2. The van der Waals surface area contributed by atoms with Crippen molar-refractivity contribution in [2.45, 2.75) is 25.3 Å². The van der Waals surface area contributed by atoms with Gasteiger partial charge in [-0.25, -0.2) is 13.8 Å². The number of hydrogen-bond acceptors (Lipinski definition) is 1. The third-order valence-corrected chi connectivity index (χ3v) is 3.22. The van der Waals surface area contributed by atoms with Crippen molar-refractivity contribution < 1.29 is 17.6 Å². The van der Waals surface area contributed by atoms with Crippen molar-refractivity contribution in [3.8, 4) is 0 Å². The standard InChI is InChI=1S/C12H10Cl2F4N2/c13-4-3-10-19-8-5-7(14)1-2-9(8)20(10)6-12(17,18)11(15)16/h1-2,5,11H,3-4,6H2. The highest BCUT2D eigenvalue weighted by atomic mass is 35.5. The van der Waals surface area contributed by atoms with Crippen LogP contribution in [0.4, 0.5) is 17.6 Å². The molecule has 2 rings (SSSR count). The van der Waals surface area contributed by atoms with E-state index in [9.17, 15) is 17.6 Å². The molecule has 0 atom stereocenters. The van der Waals surface area contributed by atoms with Gasteiger partial charge in [-0.1, -0.05) is 11.6 Å². The highest BCUT2D eigenvalue weighted by Crippen LogP contribution is 2.29. The van der Waals surface area contributed by atoms with Crippen LogP contribution in [0, 0.1) is 0 Å². The van der Waals surface area contributed by atoms with Crippen molar-refractivity contribution in [2.75, 3.05) is 5.88 Å². The van der Waals surface area contributed by atoms with Gasteiger partial charge in [0, 0.05) is 17.3 Å². The van der Waals surface area contributed by atoms with E-state index in [0.29, 0.717) is 16.1 Å². The Labute approximate surface area is 122 Å². The molecule has 0 spiro atoms. The fourth-order valence-electron chi connectivity index (χ4n) is 1.88. The lowest BCUT2D eigenvalue weighted by Crippen LogP contribution is -2.32. The quantitative estimate of drug-likeness (QED) is 0.588. The average molecular weight is 329 g/mol. The number of imidazole rings is 1. The zero-order valence-electron chi connectivity index (χ0n) is 10.1. The molecule has 2 nitrogen and oxygen atoms in total. The van der Waals surface area contributed by atoms with E-state index in [1.54, 1.807) is 0 Å². The Kier molecular flexibility index (Phi) is 4.44. The van der Waals surface area contributed by atoms with Gasteiger partial charge in [0.1, 0.15) is 5.82 Å². The smallest absolute Gasteiger partial charge is 0.322 e. The Morgan fingerprint density at radius 3 is 2.60 bits per heavy atom. The van der Waals surface area contributed by atoms with Crippen LogP contribution in [0.25, 0.3) is 11.0 Å². The van der Waals surface area contributed by atoms with Gasteiger partial charge in [-0.2, -0.15) is 8.78 Å². The molecule has 0 N–H and O–H groups in total. The van der Waals surface area contributed by atoms with Gasteiger partial charge >= 0.3 is 12.3 Å². The number of hydrogen-bond donors (Lipinski definition) is 0. The first-order valence-corrected chi connectivity index (χ1v) is 6.63. The number of rotatable bonds is 5. The number of aryl methyl sites for hydroxylation is 1. The largest absolute Gasteiger partial charge is 0.324 e. The number of benzene rings is 1. The van der Waals surface area contributed by atoms with Crippen LogP contribution in [0.5, 0.6) is 0 Å². The van der Waals surface area contributed by atoms with Crippen molar-refractivity contribution in [2.24, 2.45) is 0 Å².